The molecule has 0 nitrogen and oxygen atoms in total. The summed E-state index contributed by atoms with van der Waals surface area (Å²) in [4.78, 5) is 0. The van der Waals surface area contributed by atoms with E-state index in [1.807, 2.05) is 39.8 Å². The molecule has 0 aromatic rings. The zero-order valence-corrected chi connectivity index (χ0v) is 12.4. The molecule has 0 spiro atoms. The highest BCUT2D eigenvalue weighted by Gasteiger charge is 2.07. The summed E-state index contributed by atoms with van der Waals surface area (Å²) in [6, 6.07) is 0. The van der Waals surface area contributed by atoms with E-state index in [1.54, 1.807) is 0 Å². The molecule has 0 saturated carbocycles. The minimum absolute atomic E-state index is 1.20. The molecule has 1 aliphatic carbocycles. The number of rotatable bonds is 2. The molecule has 1 aliphatic rings. The quantitative estimate of drug-likeness (QED) is 0.515. The van der Waals surface area contributed by atoms with Gasteiger partial charge >= 0.3 is 0 Å². The van der Waals surface area contributed by atoms with Crippen molar-refractivity contribution in [2.24, 2.45) is 0 Å². The second kappa shape index (κ2) is 19.7. The molecule has 0 fully saturated rings. The van der Waals surface area contributed by atoms with Gasteiger partial charge in [-0.1, -0.05) is 73.3 Å². The van der Waals surface area contributed by atoms with Crippen LogP contribution in [0, 0.1) is 0 Å². The average molecular weight is 224 g/mol. The van der Waals surface area contributed by atoms with Crippen LogP contribution in [0.25, 0.3) is 0 Å². The molecule has 0 N–H and O–H groups in total. The molecule has 1 rings (SSSR count). The van der Waals surface area contributed by atoms with Crippen molar-refractivity contribution in [3.63, 3.8) is 0 Å². The Kier molecular flexibility index (Phi) is 25.4. The van der Waals surface area contributed by atoms with Gasteiger partial charge < -0.3 is 0 Å². The van der Waals surface area contributed by atoms with Crippen LogP contribution in [0.15, 0.2) is 36.5 Å². The first-order valence-electron chi connectivity index (χ1n) is 6.77. The van der Waals surface area contributed by atoms with Crippen molar-refractivity contribution >= 4 is 0 Å². The summed E-state index contributed by atoms with van der Waals surface area (Å²) in [5, 5.41) is 0. The van der Waals surface area contributed by atoms with Gasteiger partial charge in [0.2, 0.25) is 0 Å². The molecule has 0 aliphatic heterocycles. The maximum absolute atomic E-state index is 3.74. The van der Waals surface area contributed by atoms with E-state index in [2.05, 4.69) is 27.0 Å². The lowest BCUT2D eigenvalue weighted by molar-refractivity contribution is 0.907. The van der Waals surface area contributed by atoms with Gasteiger partial charge in [-0.3, -0.25) is 0 Å². The van der Waals surface area contributed by atoms with Crippen molar-refractivity contribution in [3.05, 3.63) is 36.5 Å². The Hall–Kier alpha value is -0.780. The highest BCUT2D eigenvalue weighted by molar-refractivity contribution is 5.34. The van der Waals surface area contributed by atoms with E-state index in [4.69, 9.17) is 0 Å². The third kappa shape index (κ3) is 11.3. The van der Waals surface area contributed by atoms with Gasteiger partial charge in [-0.15, -0.1) is 0 Å². The van der Waals surface area contributed by atoms with E-state index in [-0.39, 0.29) is 0 Å². The number of hydrogen-bond acceptors (Lipinski definition) is 0. The van der Waals surface area contributed by atoms with Gasteiger partial charge in [-0.25, -0.2) is 0 Å². The van der Waals surface area contributed by atoms with Gasteiger partial charge in [0.1, 0.15) is 0 Å². The van der Waals surface area contributed by atoms with E-state index in [0.717, 1.165) is 0 Å². The normalized spacial score (nSPS) is 12.1. The molecule has 0 amide bonds. The molecule has 0 bridgehead atoms. The van der Waals surface area contributed by atoms with E-state index in [9.17, 15) is 0 Å². The van der Waals surface area contributed by atoms with Crippen LogP contribution < -0.4 is 0 Å². The van der Waals surface area contributed by atoms with Crippen molar-refractivity contribution in [2.75, 3.05) is 0 Å². The summed E-state index contributed by atoms with van der Waals surface area (Å²) >= 11 is 0. The monoisotopic (exact) mass is 224 g/mol. The summed E-state index contributed by atoms with van der Waals surface area (Å²) < 4.78 is 0. The molecule has 0 unspecified atom stereocenters. The van der Waals surface area contributed by atoms with Crippen LogP contribution >= 0.6 is 0 Å². The summed E-state index contributed by atoms with van der Waals surface area (Å²) in [7, 11) is 0. The van der Waals surface area contributed by atoms with Crippen LogP contribution in [-0.4, -0.2) is 0 Å². The Morgan fingerprint density at radius 3 is 1.31 bits per heavy atom. The molecule has 0 heterocycles. The summed E-state index contributed by atoms with van der Waals surface area (Å²) in [5.74, 6) is 0. The molecule has 0 aromatic carbocycles. The van der Waals surface area contributed by atoms with Gasteiger partial charge in [0.15, 0.2) is 0 Å². The zero-order valence-electron chi connectivity index (χ0n) is 12.4. The molecule has 0 saturated heterocycles. The predicted molar refractivity (Wildman–Crippen MR) is 79.9 cm³/mol. The van der Waals surface area contributed by atoms with Crippen molar-refractivity contribution in [2.45, 2.75) is 67.2 Å². The largest absolute Gasteiger partial charge is 0.0988 e. The Morgan fingerprint density at radius 2 is 1.12 bits per heavy atom. The molecular weight excluding hydrogens is 192 g/mol. The predicted octanol–water partition coefficient (Wildman–Crippen LogP) is 6.31. The van der Waals surface area contributed by atoms with Crippen LogP contribution in [0.2, 0.25) is 0 Å². The van der Waals surface area contributed by atoms with Crippen LogP contribution in [0.1, 0.15) is 67.2 Å². The lowest BCUT2D eigenvalue weighted by atomic mass is 10.1. The fourth-order valence-corrected chi connectivity index (χ4v) is 1.26. The molecule has 96 valence electrons. The van der Waals surface area contributed by atoms with E-state index >= 15 is 0 Å². The fourth-order valence-electron chi connectivity index (χ4n) is 1.26. The fraction of sp³-hybridized carbons (Fsp3) is 0.625. The smallest absolute Gasteiger partial charge is 0.0273 e. The third-order valence-electron chi connectivity index (χ3n) is 1.80. The van der Waals surface area contributed by atoms with E-state index in [1.165, 1.54) is 36.8 Å². The van der Waals surface area contributed by atoms with E-state index in [0.29, 0.717) is 0 Å². The van der Waals surface area contributed by atoms with Crippen LogP contribution in [0.3, 0.4) is 0 Å². The second-order valence-corrected chi connectivity index (χ2v) is 3.02. The first-order chi connectivity index (χ1) is 7.79. The topological polar surface area (TPSA) is 0 Å². The Bertz CT molecular complexity index is 154. The highest BCUT2D eigenvalue weighted by Crippen LogP contribution is 2.26. The Morgan fingerprint density at radius 1 is 0.875 bits per heavy atom. The van der Waals surface area contributed by atoms with Gasteiger partial charge in [-0.05, 0) is 30.4 Å². The second-order valence-electron chi connectivity index (χ2n) is 3.02. The highest BCUT2D eigenvalue weighted by atomic mass is 14.1. The zero-order chi connectivity index (χ0) is 13.4. The lowest BCUT2D eigenvalue weighted by Gasteiger charge is -1.92. The van der Waals surface area contributed by atoms with Crippen molar-refractivity contribution in [1.82, 2.24) is 0 Å². The molecular formula is C16H32. The minimum Gasteiger partial charge on any atom is -0.0988 e. The molecule has 16 heavy (non-hydrogen) atoms. The Balaban J connectivity index is -0.000000206. The number of allylic oxidation sites excluding steroid dienone is 4. The maximum atomic E-state index is 3.74. The number of hydrogen-bond donors (Lipinski definition) is 0. The van der Waals surface area contributed by atoms with Gasteiger partial charge in [-0.2, -0.15) is 0 Å². The summed E-state index contributed by atoms with van der Waals surface area (Å²) in [6.07, 6.45) is 8.83. The lowest BCUT2D eigenvalue weighted by Crippen LogP contribution is -1.71. The summed E-state index contributed by atoms with van der Waals surface area (Å²) in [6.45, 7) is 19.7. The van der Waals surface area contributed by atoms with Crippen molar-refractivity contribution < 1.29 is 0 Å². The SMILES string of the molecule is C=CC1=C(C=C)CCC1.CC.CC.CCC. The van der Waals surface area contributed by atoms with Crippen LogP contribution in [-0.2, 0) is 0 Å². The van der Waals surface area contributed by atoms with Crippen molar-refractivity contribution in [3.8, 4) is 0 Å². The third-order valence-corrected chi connectivity index (χ3v) is 1.80. The Labute approximate surface area is 104 Å². The standard InChI is InChI=1S/C9H12.C3H8.2C2H6/c1-3-8-6-5-7-9(8)4-2;1-3-2;2*1-2/h3-4H,1-2,5-7H2;3H2,1-2H3;2*1-2H3. The van der Waals surface area contributed by atoms with E-state index < -0.39 is 0 Å². The maximum Gasteiger partial charge on any atom is -0.0273 e. The molecule has 0 atom stereocenters. The van der Waals surface area contributed by atoms with Gasteiger partial charge in [0.05, 0.1) is 0 Å². The first kappa shape index (κ1) is 20.6. The average Bonchev–Trinajstić information content (AvgIpc) is 2.82. The van der Waals surface area contributed by atoms with Gasteiger partial charge in [0, 0.05) is 0 Å². The van der Waals surface area contributed by atoms with Gasteiger partial charge in [0.25, 0.3) is 0 Å². The molecule has 0 heteroatoms. The minimum atomic E-state index is 1.20. The van der Waals surface area contributed by atoms with Crippen LogP contribution in [0.4, 0.5) is 0 Å². The first-order valence-corrected chi connectivity index (χ1v) is 6.77. The summed E-state index contributed by atoms with van der Waals surface area (Å²) in [5.41, 5.74) is 2.79. The molecule has 0 aromatic heterocycles. The van der Waals surface area contributed by atoms with Crippen molar-refractivity contribution in [1.29, 1.82) is 0 Å². The molecule has 0 radical (unpaired) electrons. The van der Waals surface area contributed by atoms with Crippen LogP contribution in [0.5, 0.6) is 0 Å².